The van der Waals surface area contributed by atoms with Crippen LogP contribution in [0.3, 0.4) is 0 Å². The maximum absolute atomic E-state index is 12.9. The average Bonchev–Trinajstić information content (AvgIpc) is 3.19. The van der Waals surface area contributed by atoms with Crippen molar-refractivity contribution in [2.45, 2.75) is 71.9 Å². The summed E-state index contributed by atoms with van der Waals surface area (Å²) >= 11 is 0. The molecule has 3 rings (SSSR count). The SMILES string of the molecule is CCCCc1noc(C2CCCCN2C(=O)Cn2nc(C)cc2C)n1. The monoisotopic (exact) mass is 345 g/mol. The van der Waals surface area contributed by atoms with E-state index in [4.69, 9.17) is 4.52 Å². The lowest BCUT2D eigenvalue weighted by Crippen LogP contribution is -2.40. The van der Waals surface area contributed by atoms with E-state index in [1.165, 1.54) is 0 Å². The van der Waals surface area contributed by atoms with Gasteiger partial charge < -0.3 is 9.42 Å². The predicted octanol–water partition coefficient (Wildman–Crippen LogP) is 2.98. The number of rotatable bonds is 6. The van der Waals surface area contributed by atoms with Gasteiger partial charge in [-0.15, -0.1) is 0 Å². The Hall–Kier alpha value is -2.18. The molecule has 2 aromatic heterocycles. The summed E-state index contributed by atoms with van der Waals surface area (Å²) in [6.07, 6.45) is 5.92. The van der Waals surface area contributed by atoms with E-state index in [1.807, 2.05) is 24.8 Å². The van der Waals surface area contributed by atoms with Crippen LogP contribution in [0.1, 0.15) is 68.2 Å². The van der Waals surface area contributed by atoms with Crippen molar-refractivity contribution in [3.63, 3.8) is 0 Å². The molecule has 1 unspecified atom stereocenters. The van der Waals surface area contributed by atoms with Gasteiger partial charge in [0, 0.05) is 18.7 Å². The van der Waals surface area contributed by atoms with Crippen molar-refractivity contribution >= 4 is 5.91 Å². The zero-order chi connectivity index (χ0) is 17.8. The van der Waals surface area contributed by atoms with E-state index in [1.54, 1.807) is 4.68 Å². The maximum atomic E-state index is 12.9. The molecular weight excluding hydrogens is 318 g/mol. The second-order valence-electron chi connectivity index (χ2n) is 6.84. The summed E-state index contributed by atoms with van der Waals surface area (Å²) in [6.45, 7) is 7.04. The molecule has 1 aliphatic rings. The molecule has 0 radical (unpaired) electrons. The summed E-state index contributed by atoms with van der Waals surface area (Å²) in [5.41, 5.74) is 1.93. The minimum absolute atomic E-state index is 0.0595. The highest BCUT2D eigenvalue weighted by Crippen LogP contribution is 2.30. The number of likely N-dealkylation sites (tertiary alicyclic amines) is 1. The van der Waals surface area contributed by atoms with Crippen LogP contribution in [0, 0.1) is 13.8 Å². The molecule has 2 aromatic rings. The lowest BCUT2D eigenvalue weighted by molar-refractivity contribution is -0.136. The Bertz CT molecular complexity index is 721. The van der Waals surface area contributed by atoms with E-state index in [0.29, 0.717) is 5.89 Å². The Balaban J connectivity index is 1.72. The molecule has 25 heavy (non-hydrogen) atoms. The summed E-state index contributed by atoms with van der Waals surface area (Å²) in [6, 6.07) is 1.87. The van der Waals surface area contributed by atoms with E-state index in [9.17, 15) is 4.79 Å². The largest absolute Gasteiger partial charge is 0.337 e. The first-order valence-corrected chi connectivity index (χ1v) is 9.21. The van der Waals surface area contributed by atoms with Crippen molar-refractivity contribution in [3.8, 4) is 0 Å². The fourth-order valence-corrected chi connectivity index (χ4v) is 3.38. The van der Waals surface area contributed by atoms with Crippen LogP contribution in [0.15, 0.2) is 10.6 Å². The quantitative estimate of drug-likeness (QED) is 0.804. The number of aromatic nitrogens is 4. The van der Waals surface area contributed by atoms with Gasteiger partial charge in [-0.05, 0) is 45.6 Å². The summed E-state index contributed by atoms with van der Waals surface area (Å²) in [4.78, 5) is 19.3. The smallest absolute Gasteiger partial charge is 0.249 e. The molecule has 0 N–H and O–H groups in total. The number of hydrogen-bond acceptors (Lipinski definition) is 5. The zero-order valence-electron chi connectivity index (χ0n) is 15.4. The Labute approximate surface area is 148 Å². The Morgan fingerprint density at radius 1 is 1.36 bits per heavy atom. The van der Waals surface area contributed by atoms with Gasteiger partial charge in [0.1, 0.15) is 12.6 Å². The standard InChI is InChI=1S/C18H27N5O2/c1-4-5-9-16-19-18(25-21-16)15-8-6-7-10-22(15)17(24)12-23-14(3)11-13(2)20-23/h11,15H,4-10,12H2,1-3H3. The molecule has 136 valence electrons. The molecule has 1 atom stereocenters. The molecule has 7 nitrogen and oxygen atoms in total. The first-order valence-electron chi connectivity index (χ1n) is 9.21. The van der Waals surface area contributed by atoms with Crippen LogP contribution in [-0.4, -0.2) is 37.3 Å². The summed E-state index contributed by atoms with van der Waals surface area (Å²) in [5.74, 6) is 1.38. The molecule has 1 aliphatic heterocycles. The minimum Gasteiger partial charge on any atom is -0.337 e. The van der Waals surface area contributed by atoms with Gasteiger partial charge in [-0.3, -0.25) is 9.48 Å². The highest BCUT2D eigenvalue weighted by Gasteiger charge is 2.32. The second-order valence-corrected chi connectivity index (χ2v) is 6.84. The van der Waals surface area contributed by atoms with Crippen molar-refractivity contribution < 1.29 is 9.32 Å². The Kier molecular flexibility index (Phi) is 5.50. The van der Waals surface area contributed by atoms with E-state index >= 15 is 0 Å². The van der Waals surface area contributed by atoms with E-state index in [2.05, 4.69) is 22.2 Å². The van der Waals surface area contributed by atoms with Gasteiger partial charge in [-0.2, -0.15) is 10.1 Å². The van der Waals surface area contributed by atoms with Gasteiger partial charge in [0.15, 0.2) is 5.82 Å². The van der Waals surface area contributed by atoms with Crippen molar-refractivity contribution in [2.75, 3.05) is 6.54 Å². The minimum atomic E-state index is -0.110. The Morgan fingerprint density at radius 3 is 2.92 bits per heavy atom. The highest BCUT2D eigenvalue weighted by atomic mass is 16.5. The van der Waals surface area contributed by atoms with E-state index in [-0.39, 0.29) is 18.5 Å². The third-order valence-corrected chi connectivity index (χ3v) is 4.73. The molecule has 0 spiro atoms. The highest BCUT2D eigenvalue weighted by molar-refractivity contribution is 5.76. The molecule has 3 heterocycles. The van der Waals surface area contributed by atoms with Gasteiger partial charge in [0.2, 0.25) is 11.8 Å². The predicted molar refractivity (Wildman–Crippen MR) is 92.9 cm³/mol. The van der Waals surface area contributed by atoms with Crippen LogP contribution in [0.4, 0.5) is 0 Å². The molecule has 0 aliphatic carbocycles. The topological polar surface area (TPSA) is 77.0 Å². The fourth-order valence-electron chi connectivity index (χ4n) is 3.38. The first kappa shape index (κ1) is 17.6. The van der Waals surface area contributed by atoms with Gasteiger partial charge in [-0.1, -0.05) is 18.5 Å². The summed E-state index contributed by atoms with van der Waals surface area (Å²) < 4.78 is 7.25. The van der Waals surface area contributed by atoms with E-state index in [0.717, 1.165) is 62.3 Å². The van der Waals surface area contributed by atoms with Crippen molar-refractivity contribution in [1.29, 1.82) is 0 Å². The number of unbranched alkanes of at least 4 members (excludes halogenated alkanes) is 1. The van der Waals surface area contributed by atoms with Crippen LogP contribution in [0.25, 0.3) is 0 Å². The van der Waals surface area contributed by atoms with Crippen molar-refractivity contribution in [3.05, 3.63) is 29.2 Å². The first-order chi connectivity index (χ1) is 12.1. The van der Waals surface area contributed by atoms with Crippen LogP contribution in [0.2, 0.25) is 0 Å². The van der Waals surface area contributed by atoms with Crippen molar-refractivity contribution in [2.24, 2.45) is 0 Å². The number of aryl methyl sites for hydroxylation is 3. The molecule has 0 saturated carbocycles. The molecule has 7 heteroatoms. The van der Waals surface area contributed by atoms with Crippen LogP contribution < -0.4 is 0 Å². The lowest BCUT2D eigenvalue weighted by Gasteiger charge is -2.33. The second kappa shape index (κ2) is 7.80. The third kappa shape index (κ3) is 4.08. The fraction of sp³-hybridized carbons (Fsp3) is 0.667. The molecule has 1 amide bonds. The molecule has 1 fully saturated rings. The van der Waals surface area contributed by atoms with Gasteiger partial charge in [-0.25, -0.2) is 0 Å². The van der Waals surface area contributed by atoms with Gasteiger partial charge in [0.25, 0.3) is 0 Å². The number of carbonyl (C=O) groups is 1. The maximum Gasteiger partial charge on any atom is 0.249 e. The van der Waals surface area contributed by atoms with Crippen LogP contribution in [-0.2, 0) is 17.8 Å². The van der Waals surface area contributed by atoms with Crippen LogP contribution >= 0.6 is 0 Å². The molecule has 0 bridgehead atoms. The normalized spacial score (nSPS) is 17.9. The summed E-state index contributed by atoms with van der Waals surface area (Å²) in [7, 11) is 0. The van der Waals surface area contributed by atoms with Gasteiger partial charge >= 0.3 is 0 Å². The zero-order valence-corrected chi connectivity index (χ0v) is 15.4. The molecule has 0 aromatic carbocycles. The van der Waals surface area contributed by atoms with Gasteiger partial charge in [0.05, 0.1) is 5.69 Å². The molecular formula is C18H27N5O2. The average molecular weight is 345 g/mol. The summed E-state index contributed by atoms with van der Waals surface area (Å²) in [5, 5.41) is 8.48. The number of hydrogen-bond donors (Lipinski definition) is 0. The third-order valence-electron chi connectivity index (χ3n) is 4.73. The Morgan fingerprint density at radius 2 is 2.20 bits per heavy atom. The van der Waals surface area contributed by atoms with Crippen molar-refractivity contribution in [1.82, 2.24) is 24.8 Å². The lowest BCUT2D eigenvalue weighted by atomic mass is 10.0. The number of piperidine rings is 1. The number of carbonyl (C=O) groups excluding carboxylic acids is 1. The molecule has 1 saturated heterocycles. The number of amides is 1. The van der Waals surface area contributed by atoms with Crippen LogP contribution in [0.5, 0.6) is 0 Å². The van der Waals surface area contributed by atoms with E-state index < -0.39 is 0 Å². The number of nitrogens with zero attached hydrogens (tertiary/aromatic N) is 5.